The highest BCUT2D eigenvalue weighted by Gasteiger charge is 2.41. The van der Waals surface area contributed by atoms with Crippen molar-refractivity contribution >= 4 is 0 Å². The molecule has 0 radical (unpaired) electrons. The first-order valence-corrected chi connectivity index (χ1v) is 7.96. The van der Waals surface area contributed by atoms with E-state index in [1.165, 1.54) is 6.07 Å². The number of halogens is 1. The Kier molecular flexibility index (Phi) is 5.08. The van der Waals surface area contributed by atoms with Gasteiger partial charge in [0.2, 0.25) is 0 Å². The average molecular weight is 309 g/mol. The van der Waals surface area contributed by atoms with Gasteiger partial charge in [0.25, 0.3) is 0 Å². The van der Waals surface area contributed by atoms with Gasteiger partial charge in [-0.15, -0.1) is 0 Å². The molecule has 4 nitrogen and oxygen atoms in total. The zero-order chi connectivity index (χ0) is 15.4. The molecule has 2 aliphatic heterocycles. The number of β-amino-alcohol motifs (C(OH)–C–C–N with tert-alkyl or cyclic N) is 1. The molecule has 0 bridgehead atoms. The van der Waals surface area contributed by atoms with Crippen LogP contribution < -0.4 is 0 Å². The minimum absolute atomic E-state index is 0.196. The van der Waals surface area contributed by atoms with Gasteiger partial charge in [-0.05, 0) is 25.5 Å². The first-order chi connectivity index (χ1) is 10.7. The third-order valence-electron chi connectivity index (χ3n) is 4.70. The van der Waals surface area contributed by atoms with Crippen molar-refractivity contribution in [1.29, 1.82) is 0 Å². The van der Waals surface area contributed by atoms with Gasteiger partial charge in [-0.3, -0.25) is 0 Å². The molecule has 1 spiro atoms. The van der Waals surface area contributed by atoms with Crippen LogP contribution in [0.4, 0.5) is 4.39 Å². The molecule has 1 N–H and O–H groups in total. The maximum Gasteiger partial charge on any atom is 0.128 e. The lowest BCUT2D eigenvalue weighted by Crippen LogP contribution is -2.35. The van der Waals surface area contributed by atoms with Crippen LogP contribution in [0.3, 0.4) is 0 Å². The van der Waals surface area contributed by atoms with E-state index in [1.807, 2.05) is 0 Å². The van der Waals surface area contributed by atoms with Gasteiger partial charge in [-0.1, -0.05) is 18.2 Å². The molecular weight excluding hydrogens is 285 g/mol. The summed E-state index contributed by atoms with van der Waals surface area (Å²) < 4.78 is 24.4. The number of ether oxygens (including phenoxy) is 2. The summed E-state index contributed by atoms with van der Waals surface area (Å²) in [7, 11) is 0. The Hall–Kier alpha value is -1.01. The molecule has 5 heteroatoms. The number of likely N-dealkylation sites (tertiary alicyclic amines) is 1. The third-order valence-corrected chi connectivity index (χ3v) is 4.70. The van der Waals surface area contributed by atoms with E-state index < -0.39 is 6.10 Å². The number of rotatable bonds is 6. The summed E-state index contributed by atoms with van der Waals surface area (Å²) in [6, 6.07) is 6.56. The number of hydrogen-bond donors (Lipinski definition) is 1. The van der Waals surface area contributed by atoms with E-state index in [9.17, 15) is 9.50 Å². The fourth-order valence-corrected chi connectivity index (χ4v) is 3.43. The normalized spacial score (nSPS) is 26.8. The Labute approximate surface area is 130 Å². The molecular formula is C17H24FNO3. The van der Waals surface area contributed by atoms with E-state index >= 15 is 0 Å². The second-order valence-corrected chi connectivity index (χ2v) is 6.55. The quantitative estimate of drug-likeness (QED) is 0.870. The summed E-state index contributed by atoms with van der Waals surface area (Å²) in [5.41, 5.74) is 0.839. The van der Waals surface area contributed by atoms with Crippen LogP contribution in [0.2, 0.25) is 0 Å². The van der Waals surface area contributed by atoms with Crippen molar-refractivity contribution in [3.8, 4) is 0 Å². The standard InChI is InChI=1S/C17H24FNO3/c18-16-4-2-1-3-14(16)10-22-11-15(20)9-19-7-5-17(12-19)6-8-21-13-17/h1-4,15,20H,5-13H2. The number of nitrogens with zero attached hydrogens (tertiary/aromatic N) is 1. The van der Waals surface area contributed by atoms with Gasteiger partial charge < -0.3 is 19.5 Å². The SMILES string of the molecule is OC(COCc1ccccc1F)CN1CCC2(CCOC2)C1. The minimum atomic E-state index is -0.538. The maximum atomic E-state index is 13.4. The Morgan fingerprint density at radius 1 is 1.36 bits per heavy atom. The van der Waals surface area contributed by atoms with E-state index in [0.29, 0.717) is 17.5 Å². The zero-order valence-electron chi connectivity index (χ0n) is 12.8. The van der Waals surface area contributed by atoms with Crippen molar-refractivity contribution in [3.63, 3.8) is 0 Å². The summed E-state index contributed by atoms with van der Waals surface area (Å²) in [4.78, 5) is 2.28. The van der Waals surface area contributed by atoms with Crippen LogP contribution in [-0.4, -0.2) is 55.6 Å². The zero-order valence-corrected chi connectivity index (χ0v) is 12.8. The van der Waals surface area contributed by atoms with E-state index in [0.717, 1.165) is 39.1 Å². The lowest BCUT2D eigenvalue weighted by molar-refractivity contribution is 0.0108. The van der Waals surface area contributed by atoms with Crippen LogP contribution >= 0.6 is 0 Å². The summed E-state index contributed by atoms with van der Waals surface area (Å²) >= 11 is 0. The Morgan fingerprint density at radius 3 is 3.00 bits per heavy atom. The Morgan fingerprint density at radius 2 is 2.23 bits per heavy atom. The van der Waals surface area contributed by atoms with Gasteiger partial charge in [0.1, 0.15) is 5.82 Å². The molecule has 1 aromatic rings. The summed E-state index contributed by atoms with van der Waals surface area (Å²) in [6.45, 7) is 4.76. The molecule has 2 aliphatic rings. The van der Waals surface area contributed by atoms with Crippen molar-refractivity contribution < 1.29 is 19.0 Å². The first kappa shape index (κ1) is 15.9. The molecule has 2 unspecified atom stereocenters. The second kappa shape index (κ2) is 7.04. The smallest absolute Gasteiger partial charge is 0.128 e. The van der Waals surface area contributed by atoms with Crippen molar-refractivity contribution in [2.45, 2.75) is 25.6 Å². The van der Waals surface area contributed by atoms with Gasteiger partial charge in [-0.25, -0.2) is 4.39 Å². The largest absolute Gasteiger partial charge is 0.389 e. The van der Waals surface area contributed by atoms with Crippen LogP contribution in [0.1, 0.15) is 18.4 Å². The lowest BCUT2D eigenvalue weighted by atomic mass is 9.87. The summed E-state index contributed by atoms with van der Waals surface area (Å²) in [5.74, 6) is -0.264. The second-order valence-electron chi connectivity index (χ2n) is 6.55. The predicted molar refractivity (Wildman–Crippen MR) is 81.0 cm³/mol. The molecule has 2 heterocycles. The molecule has 2 saturated heterocycles. The number of aliphatic hydroxyl groups is 1. The monoisotopic (exact) mass is 309 g/mol. The van der Waals surface area contributed by atoms with E-state index in [-0.39, 0.29) is 19.0 Å². The molecule has 122 valence electrons. The number of hydrogen-bond acceptors (Lipinski definition) is 4. The van der Waals surface area contributed by atoms with Crippen molar-refractivity contribution in [2.24, 2.45) is 5.41 Å². The first-order valence-electron chi connectivity index (χ1n) is 7.96. The topological polar surface area (TPSA) is 41.9 Å². The van der Waals surface area contributed by atoms with E-state index in [2.05, 4.69) is 4.90 Å². The van der Waals surface area contributed by atoms with Crippen LogP contribution in [0.5, 0.6) is 0 Å². The van der Waals surface area contributed by atoms with Crippen LogP contribution in [-0.2, 0) is 16.1 Å². The highest BCUT2D eigenvalue weighted by atomic mass is 19.1. The Balaban J connectivity index is 1.38. The van der Waals surface area contributed by atoms with Crippen molar-refractivity contribution in [3.05, 3.63) is 35.6 Å². The molecule has 1 aromatic carbocycles. The van der Waals surface area contributed by atoms with Gasteiger partial charge in [0, 0.05) is 30.7 Å². The molecule has 0 aromatic heterocycles. The average Bonchev–Trinajstić information content (AvgIpc) is 3.12. The fraction of sp³-hybridized carbons (Fsp3) is 0.647. The predicted octanol–water partition coefficient (Wildman–Crippen LogP) is 1.82. The number of benzene rings is 1. The van der Waals surface area contributed by atoms with Crippen LogP contribution in [0.25, 0.3) is 0 Å². The molecule has 0 amide bonds. The summed E-state index contributed by atoms with van der Waals surface area (Å²) in [6.07, 6.45) is 1.74. The molecule has 3 rings (SSSR count). The fourth-order valence-electron chi connectivity index (χ4n) is 3.43. The third kappa shape index (κ3) is 3.84. The van der Waals surface area contributed by atoms with Crippen LogP contribution in [0, 0.1) is 11.2 Å². The lowest BCUT2D eigenvalue weighted by Gasteiger charge is -2.23. The molecule has 2 atom stereocenters. The van der Waals surface area contributed by atoms with E-state index in [4.69, 9.17) is 9.47 Å². The van der Waals surface area contributed by atoms with Gasteiger partial charge in [0.05, 0.1) is 25.9 Å². The molecule has 2 fully saturated rings. The van der Waals surface area contributed by atoms with Gasteiger partial charge in [-0.2, -0.15) is 0 Å². The Bertz CT molecular complexity index is 491. The van der Waals surface area contributed by atoms with Crippen molar-refractivity contribution in [2.75, 3.05) is 39.5 Å². The van der Waals surface area contributed by atoms with Gasteiger partial charge >= 0.3 is 0 Å². The van der Waals surface area contributed by atoms with Crippen molar-refractivity contribution in [1.82, 2.24) is 4.90 Å². The molecule has 22 heavy (non-hydrogen) atoms. The number of aliphatic hydroxyl groups excluding tert-OH is 1. The highest BCUT2D eigenvalue weighted by Crippen LogP contribution is 2.38. The van der Waals surface area contributed by atoms with Crippen LogP contribution in [0.15, 0.2) is 24.3 Å². The van der Waals surface area contributed by atoms with E-state index in [1.54, 1.807) is 18.2 Å². The maximum absolute atomic E-state index is 13.4. The summed E-state index contributed by atoms with van der Waals surface area (Å²) in [5, 5.41) is 10.1. The molecule has 0 aliphatic carbocycles. The highest BCUT2D eigenvalue weighted by molar-refractivity contribution is 5.16. The minimum Gasteiger partial charge on any atom is -0.389 e. The van der Waals surface area contributed by atoms with Gasteiger partial charge in [0.15, 0.2) is 0 Å². The molecule has 0 saturated carbocycles.